The lowest BCUT2D eigenvalue weighted by Crippen LogP contribution is -2.39. The smallest absolute Gasteiger partial charge is 0.349 e. The molecule has 2 aromatic rings. The van der Waals surface area contributed by atoms with Crippen LogP contribution in [0.2, 0.25) is 5.02 Å². The summed E-state index contributed by atoms with van der Waals surface area (Å²) in [4.78, 5) is 30.2. The van der Waals surface area contributed by atoms with Gasteiger partial charge in [-0.15, -0.1) is 0 Å². The van der Waals surface area contributed by atoms with E-state index in [0.29, 0.717) is 29.5 Å². The van der Waals surface area contributed by atoms with E-state index >= 15 is 0 Å². The molecule has 0 atom stereocenters. The van der Waals surface area contributed by atoms with Gasteiger partial charge in [0.25, 0.3) is 5.91 Å². The van der Waals surface area contributed by atoms with Gasteiger partial charge in [-0.2, -0.15) is 5.06 Å². The zero-order chi connectivity index (χ0) is 22.3. The molecule has 162 valence electrons. The fourth-order valence-corrected chi connectivity index (χ4v) is 2.88. The van der Waals surface area contributed by atoms with Crippen LogP contribution >= 0.6 is 11.6 Å². The van der Waals surface area contributed by atoms with E-state index in [1.807, 2.05) is 19.1 Å². The van der Waals surface area contributed by atoms with Gasteiger partial charge in [-0.1, -0.05) is 30.7 Å². The molecule has 2 rings (SSSR count). The summed E-state index contributed by atoms with van der Waals surface area (Å²) in [5.41, 5.74) is 0.586. The zero-order valence-corrected chi connectivity index (χ0v) is 18.8. The normalized spacial score (nSPS) is 11.0. The van der Waals surface area contributed by atoms with Gasteiger partial charge in [0.15, 0.2) is 11.4 Å². The summed E-state index contributed by atoms with van der Waals surface area (Å²) < 4.78 is 10.8. The Kier molecular flexibility index (Phi) is 8.12. The Morgan fingerprint density at radius 2 is 1.73 bits per heavy atom. The van der Waals surface area contributed by atoms with Gasteiger partial charge in [0.1, 0.15) is 5.75 Å². The summed E-state index contributed by atoms with van der Waals surface area (Å²) in [5, 5.41) is 1.93. The summed E-state index contributed by atoms with van der Waals surface area (Å²) in [6.07, 6.45) is 0.307. The van der Waals surface area contributed by atoms with Crippen LogP contribution in [-0.4, -0.2) is 29.1 Å². The SMILES string of the molecule is CCOC(=O)C(C)(C)Oc1ccc(CN(Oc2ccc(Cl)cc2C)C(=O)CC)cc1. The highest BCUT2D eigenvalue weighted by atomic mass is 35.5. The number of rotatable bonds is 9. The Hall–Kier alpha value is -2.73. The van der Waals surface area contributed by atoms with Crippen LogP contribution in [0.25, 0.3) is 0 Å². The van der Waals surface area contributed by atoms with Crippen LogP contribution in [0.3, 0.4) is 0 Å². The molecule has 0 radical (unpaired) electrons. The first-order valence-electron chi connectivity index (χ1n) is 9.86. The van der Waals surface area contributed by atoms with Crippen LogP contribution in [0.15, 0.2) is 42.5 Å². The van der Waals surface area contributed by atoms with Gasteiger partial charge < -0.3 is 14.3 Å². The number of nitrogens with zero attached hydrogens (tertiary/aromatic N) is 1. The lowest BCUT2D eigenvalue weighted by Gasteiger charge is -2.25. The maximum absolute atomic E-state index is 12.4. The van der Waals surface area contributed by atoms with Crippen LogP contribution in [0.4, 0.5) is 0 Å². The topological polar surface area (TPSA) is 65.1 Å². The van der Waals surface area contributed by atoms with Crippen molar-refractivity contribution in [2.24, 2.45) is 0 Å². The first kappa shape index (κ1) is 23.5. The third kappa shape index (κ3) is 6.39. The molecular formula is C23H28ClNO5. The number of amides is 1. The number of carbonyl (C=O) groups is 2. The van der Waals surface area contributed by atoms with E-state index in [0.717, 1.165) is 11.1 Å². The highest BCUT2D eigenvalue weighted by molar-refractivity contribution is 6.30. The fraction of sp³-hybridized carbons (Fsp3) is 0.391. The van der Waals surface area contributed by atoms with E-state index in [1.165, 1.54) is 5.06 Å². The Labute approximate surface area is 182 Å². The Morgan fingerprint density at radius 1 is 1.07 bits per heavy atom. The molecule has 2 aromatic carbocycles. The maximum Gasteiger partial charge on any atom is 0.349 e. The summed E-state index contributed by atoms with van der Waals surface area (Å²) in [6.45, 7) is 9.26. The van der Waals surface area contributed by atoms with Crippen molar-refractivity contribution in [3.05, 3.63) is 58.6 Å². The summed E-state index contributed by atoms with van der Waals surface area (Å²) in [5.74, 6) is 0.519. The van der Waals surface area contributed by atoms with Gasteiger partial charge >= 0.3 is 5.97 Å². The Bertz CT molecular complexity index is 880. The van der Waals surface area contributed by atoms with Crippen molar-refractivity contribution in [2.45, 2.75) is 53.2 Å². The van der Waals surface area contributed by atoms with E-state index < -0.39 is 11.6 Å². The van der Waals surface area contributed by atoms with E-state index in [2.05, 4.69) is 0 Å². The van der Waals surface area contributed by atoms with Crippen molar-refractivity contribution in [3.8, 4) is 11.5 Å². The summed E-state index contributed by atoms with van der Waals surface area (Å²) >= 11 is 5.99. The molecule has 0 heterocycles. The fourth-order valence-electron chi connectivity index (χ4n) is 2.65. The molecule has 0 unspecified atom stereocenters. The Morgan fingerprint density at radius 3 is 2.30 bits per heavy atom. The second-order valence-electron chi connectivity index (χ2n) is 7.26. The molecule has 0 aliphatic carbocycles. The van der Waals surface area contributed by atoms with Gasteiger partial charge in [-0.05, 0) is 69.2 Å². The standard InChI is InChI=1S/C23H28ClNO5/c1-6-21(26)25(30-20-13-10-18(24)14-16(20)3)15-17-8-11-19(12-9-17)29-23(4,5)22(27)28-7-2/h8-14H,6-7,15H2,1-5H3. The number of benzene rings is 2. The Balaban J connectivity index is 2.11. The second-order valence-corrected chi connectivity index (χ2v) is 7.70. The van der Waals surface area contributed by atoms with E-state index in [4.69, 9.17) is 25.9 Å². The number of hydrogen-bond donors (Lipinski definition) is 0. The minimum atomic E-state index is -1.10. The monoisotopic (exact) mass is 433 g/mol. The second kappa shape index (κ2) is 10.3. The molecule has 0 aliphatic heterocycles. The molecular weight excluding hydrogens is 406 g/mol. The van der Waals surface area contributed by atoms with Gasteiger partial charge in [0.2, 0.25) is 0 Å². The minimum Gasteiger partial charge on any atom is -0.476 e. The quantitative estimate of drug-likeness (QED) is 0.406. The number of ether oxygens (including phenoxy) is 2. The van der Waals surface area contributed by atoms with Gasteiger partial charge in [0, 0.05) is 11.4 Å². The third-order valence-corrected chi connectivity index (χ3v) is 4.55. The largest absolute Gasteiger partial charge is 0.476 e. The summed E-state index contributed by atoms with van der Waals surface area (Å²) in [6, 6.07) is 12.4. The lowest BCUT2D eigenvalue weighted by atomic mass is 10.1. The first-order chi connectivity index (χ1) is 14.2. The van der Waals surface area contributed by atoms with Crippen LogP contribution in [-0.2, 0) is 20.9 Å². The number of esters is 1. The average molecular weight is 434 g/mol. The number of carbonyl (C=O) groups excluding carboxylic acids is 2. The predicted molar refractivity (Wildman–Crippen MR) is 115 cm³/mol. The van der Waals surface area contributed by atoms with Crippen molar-refractivity contribution in [1.82, 2.24) is 5.06 Å². The highest BCUT2D eigenvalue weighted by Gasteiger charge is 2.31. The van der Waals surface area contributed by atoms with Crippen LogP contribution in [0.1, 0.15) is 45.2 Å². The zero-order valence-electron chi connectivity index (χ0n) is 18.0. The molecule has 0 spiro atoms. The summed E-state index contributed by atoms with van der Waals surface area (Å²) in [7, 11) is 0. The molecule has 0 aromatic heterocycles. The number of aryl methyl sites for hydroxylation is 1. The van der Waals surface area contributed by atoms with Crippen molar-refractivity contribution in [3.63, 3.8) is 0 Å². The third-order valence-electron chi connectivity index (χ3n) is 4.32. The number of halogens is 1. The molecule has 6 nitrogen and oxygen atoms in total. The molecule has 1 amide bonds. The lowest BCUT2D eigenvalue weighted by molar-refractivity contribution is -0.159. The van der Waals surface area contributed by atoms with Crippen molar-refractivity contribution < 1.29 is 23.9 Å². The van der Waals surface area contributed by atoms with Crippen molar-refractivity contribution in [1.29, 1.82) is 0 Å². The highest BCUT2D eigenvalue weighted by Crippen LogP contribution is 2.25. The van der Waals surface area contributed by atoms with Gasteiger partial charge in [-0.3, -0.25) is 4.79 Å². The molecule has 0 fully saturated rings. The van der Waals surface area contributed by atoms with Crippen LogP contribution in [0, 0.1) is 6.92 Å². The molecule has 0 saturated carbocycles. The van der Waals surface area contributed by atoms with Crippen LogP contribution in [0.5, 0.6) is 11.5 Å². The molecule has 0 aliphatic rings. The minimum absolute atomic E-state index is 0.145. The number of hydroxylamine groups is 2. The van der Waals surface area contributed by atoms with E-state index in [1.54, 1.807) is 58.0 Å². The van der Waals surface area contributed by atoms with E-state index in [-0.39, 0.29) is 12.5 Å². The molecule has 30 heavy (non-hydrogen) atoms. The van der Waals surface area contributed by atoms with Crippen molar-refractivity contribution >= 4 is 23.5 Å². The molecule has 7 heteroatoms. The molecule has 0 N–H and O–H groups in total. The van der Waals surface area contributed by atoms with Gasteiger partial charge in [0.05, 0.1) is 13.2 Å². The average Bonchev–Trinajstić information content (AvgIpc) is 2.70. The predicted octanol–water partition coefficient (Wildman–Crippen LogP) is 5.10. The molecule has 0 bridgehead atoms. The van der Waals surface area contributed by atoms with Crippen molar-refractivity contribution in [2.75, 3.05) is 6.61 Å². The van der Waals surface area contributed by atoms with E-state index in [9.17, 15) is 9.59 Å². The maximum atomic E-state index is 12.4. The number of hydrogen-bond acceptors (Lipinski definition) is 5. The van der Waals surface area contributed by atoms with Gasteiger partial charge in [-0.25, -0.2) is 4.79 Å². The van der Waals surface area contributed by atoms with Crippen LogP contribution < -0.4 is 9.57 Å². The molecule has 0 saturated heterocycles. The first-order valence-corrected chi connectivity index (χ1v) is 10.2.